The van der Waals surface area contributed by atoms with E-state index in [0.717, 1.165) is 44.9 Å². The molecule has 4 rings (SSSR count). The predicted octanol–water partition coefficient (Wildman–Crippen LogP) is 2.42. The number of hydrogen-bond acceptors (Lipinski definition) is 6. The Balaban J connectivity index is 1.41. The molecule has 2 aromatic heterocycles. The van der Waals surface area contributed by atoms with E-state index in [1.165, 1.54) is 4.88 Å². The summed E-state index contributed by atoms with van der Waals surface area (Å²) in [4.78, 5) is 16.0. The summed E-state index contributed by atoms with van der Waals surface area (Å²) in [7, 11) is 0. The largest absolute Gasteiger partial charge is 0.379 e. The number of aromatic nitrogens is 1. The molecule has 6 nitrogen and oxygen atoms in total. The SMILES string of the molecule is O=C(NCC(c1cccs1)N1CCOCC1)c1cc(C2CC2)on1. The van der Waals surface area contributed by atoms with Gasteiger partial charge < -0.3 is 14.6 Å². The third-order valence-electron chi connectivity index (χ3n) is 4.55. The fraction of sp³-hybridized carbons (Fsp3) is 0.529. The molecule has 1 aliphatic carbocycles. The van der Waals surface area contributed by atoms with Crippen molar-refractivity contribution in [1.29, 1.82) is 0 Å². The molecule has 24 heavy (non-hydrogen) atoms. The number of nitrogens with one attached hydrogen (secondary N) is 1. The van der Waals surface area contributed by atoms with Crippen molar-refractivity contribution in [3.63, 3.8) is 0 Å². The van der Waals surface area contributed by atoms with Crippen LogP contribution in [-0.2, 0) is 4.74 Å². The molecule has 1 saturated heterocycles. The van der Waals surface area contributed by atoms with Gasteiger partial charge in [-0.15, -0.1) is 11.3 Å². The lowest BCUT2D eigenvalue weighted by Gasteiger charge is -2.34. The number of hydrogen-bond donors (Lipinski definition) is 1. The minimum absolute atomic E-state index is 0.166. The Labute approximate surface area is 144 Å². The van der Waals surface area contributed by atoms with Gasteiger partial charge in [0.25, 0.3) is 5.91 Å². The first kappa shape index (κ1) is 15.8. The van der Waals surface area contributed by atoms with Crippen LogP contribution in [0.3, 0.4) is 0 Å². The van der Waals surface area contributed by atoms with Gasteiger partial charge in [0, 0.05) is 36.5 Å². The van der Waals surface area contributed by atoms with Gasteiger partial charge in [-0.1, -0.05) is 11.2 Å². The number of amides is 1. The van der Waals surface area contributed by atoms with Crippen molar-refractivity contribution in [3.05, 3.63) is 39.9 Å². The summed E-state index contributed by atoms with van der Waals surface area (Å²) >= 11 is 1.72. The van der Waals surface area contributed by atoms with Gasteiger partial charge in [-0.05, 0) is 24.3 Å². The molecule has 1 saturated carbocycles. The summed E-state index contributed by atoms with van der Waals surface area (Å²) in [6.45, 7) is 3.81. The van der Waals surface area contributed by atoms with Gasteiger partial charge in [0.1, 0.15) is 5.76 Å². The van der Waals surface area contributed by atoms with Crippen LogP contribution in [0, 0.1) is 0 Å². The minimum Gasteiger partial charge on any atom is -0.379 e. The van der Waals surface area contributed by atoms with E-state index in [1.807, 2.05) is 0 Å². The van der Waals surface area contributed by atoms with Crippen LogP contribution >= 0.6 is 11.3 Å². The van der Waals surface area contributed by atoms with Crippen LogP contribution in [0.1, 0.15) is 45.9 Å². The van der Waals surface area contributed by atoms with Crippen LogP contribution in [0.5, 0.6) is 0 Å². The zero-order valence-corrected chi connectivity index (χ0v) is 14.3. The second kappa shape index (κ2) is 7.04. The van der Waals surface area contributed by atoms with Gasteiger partial charge in [-0.25, -0.2) is 0 Å². The van der Waals surface area contributed by atoms with Gasteiger partial charge in [-0.3, -0.25) is 9.69 Å². The molecule has 3 heterocycles. The highest BCUT2D eigenvalue weighted by Gasteiger charge is 2.29. The minimum atomic E-state index is -0.166. The Morgan fingerprint density at radius 1 is 1.42 bits per heavy atom. The molecule has 1 unspecified atom stereocenters. The van der Waals surface area contributed by atoms with E-state index < -0.39 is 0 Å². The highest BCUT2D eigenvalue weighted by Crippen LogP contribution is 2.40. The molecule has 1 amide bonds. The second-order valence-electron chi connectivity index (χ2n) is 6.28. The number of rotatable bonds is 6. The molecule has 128 valence electrons. The Morgan fingerprint density at radius 2 is 2.25 bits per heavy atom. The van der Waals surface area contributed by atoms with Crippen LogP contribution in [-0.4, -0.2) is 48.8 Å². The maximum absolute atomic E-state index is 12.4. The first-order chi connectivity index (χ1) is 11.8. The van der Waals surface area contributed by atoms with Crippen LogP contribution < -0.4 is 5.32 Å². The van der Waals surface area contributed by atoms with Gasteiger partial charge in [0.2, 0.25) is 0 Å². The highest BCUT2D eigenvalue weighted by molar-refractivity contribution is 7.10. The van der Waals surface area contributed by atoms with E-state index in [9.17, 15) is 4.79 Å². The van der Waals surface area contributed by atoms with E-state index in [0.29, 0.717) is 18.2 Å². The summed E-state index contributed by atoms with van der Waals surface area (Å²) < 4.78 is 10.7. The molecule has 7 heteroatoms. The molecule has 0 aromatic carbocycles. The smallest absolute Gasteiger partial charge is 0.273 e. The first-order valence-electron chi connectivity index (χ1n) is 8.41. The lowest BCUT2D eigenvalue weighted by molar-refractivity contribution is 0.0169. The first-order valence-corrected chi connectivity index (χ1v) is 9.29. The lowest BCUT2D eigenvalue weighted by Crippen LogP contribution is -2.43. The number of nitrogens with zero attached hydrogens (tertiary/aromatic N) is 2. The molecule has 1 aliphatic heterocycles. The maximum atomic E-state index is 12.4. The predicted molar refractivity (Wildman–Crippen MR) is 90.3 cm³/mol. The summed E-state index contributed by atoms with van der Waals surface area (Å²) in [5.41, 5.74) is 0.379. The van der Waals surface area contributed by atoms with Crippen molar-refractivity contribution in [2.45, 2.75) is 24.8 Å². The normalized spacial score (nSPS) is 20.0. The van der Waals surface area contributed by atoms with Crippen molar-refractivity contribution in [3.8, 4) is 0 Å². The molecular weight excluding hydrogens is 326 g/mol. The number of carbonyl (C=O) groups excluding carboxylic acids is 1. The summed E-state index contributed by atoms with van der Waals surface area (Å²) in [6, 6.07) is 6.13. The zero-order chi connectivity index (χ0) is 16.4. The van der Waals surface area contributed by atoms with Crippen molar-refractivity contribution in [1.82, 2.24) is 15.4 Å². The van der Waals surface area contributed by atoms with Crippen LogP contribution in [0.15, 0.2) is 28.1 Å². The molecule has 2 aromatic rings. The second-order valence-corrected chi connectivity index (χ2v) is 7.26. The number of ether oxygens (including phenoxy) is 1. The van der Waals surface area contributed by atoms with Crippen molar-refractivity contribution >= 4 is 17.2 Å². The van der Waals surface area contributed by atoms with Crippen molar-refractivity contribution in [2.24, 2.45) is 0 Å². The fourth-order valence-electron chi connectivity index (χ4n) is 3.02. The van der Waals surface area contributed by atoms with Crippen molar-refractivity contribution in [2.75, 3.05) is 32.8 Å². The summed E-state index contributed by atoms with van der Waals surface area (Å²) in [5, 5.41) is 9.01. The quantitative estimate of drug-likeness (QED) is 0.869. The molecule has 0 radical (unpaired) electrons. The number of thiophene rings is 1. The Bertz CT molecular complexity index is 675. The average Bonchev–Trinajstić information content (AvgIpc) is 3.12. The fourth-order valence-corrected chi connectivity index (χ4v) is 3.88. The summed E-state index contributed by atoms with van der Waals surface area (Å²) in [5.74, 6) is 1.13. The van der Waals surface area contributed by atoms with Gasteiger partial charge in [0.15, 0.2) is 5.69 Å². The van der Waals surface area contributed by atoms with E-state index in [4.69, 9.17) is 9.26 Å². The molecule has 0 spiro atoms. The average molecular weight is 347 g/mol. The standard InChI is InChI=1S/C17H21N3O3S/c21-17(13-10-15(23-19-13)12-3-4-12)18-11-14(16-2-1-9-24-16)20-5-7-22-8-6-20/h1-2,9-10,12,14H,3-8,11H2,(H,18,21). The number of morpholine rings is 1. The Kier molecular flexibility index (Phi) is 4.64. The maximum Gasteiger partial charge on any atom is 0.273 e. The number of carbonyl (C=O) groups is 1. The Morgan fingerprint density at radius 3 is 2.96 bits per heavy atom. The van der Waals surface area contributed by atoms with Crippen LogP contribution in [0.2, 0.25) is 0 Å². The lowest BCUT2D eigenvalue weighted by atomic mass is 10.2. The van der Waals surface area contributed by atoms with E-state index in [1.54, 1.807) is 17.4 Å². The Hall–Kier alpha value is -1.70. The molecule has 2 fully saturated rings. The molecule has 0 bridgehead atoms. The summed E-state index contributed by atoms with van der Waals surface area (Å²) in [6.07, 6.45) is 2.27. The molecule has 1 N–H and O–H groups in total. The van der Waals surface area contributed by atoms with Gasteiger partial charge in [0.05, 0.1) is 19.3 Å². The van der Waals surface area contributed by atoms with E-state index in [2.05, 4.69) is 32.9 Å². The van der Waals surface area contributed by atoms with E-state index in [-0.39, 0.29) is 11.9 Å². The van der Waals surface area contributed by atoms with Crippen molar-refractivity contribution < 1.29 is 14.1 Å². The molecule has 1 atom stereocenters. The highest BCUT2D eigenvalue weighted by atomic mass is 32.1. The van der Waals surface area contributed by atoms with Gasteiger partial charge >= 0.3 is 0 Å². The topological polar surface area (TPSA) is 67.6 Å². The third kappa shape index (κ3) is 3.53. The van der Waals surface area contributed by atoms with Crippen LogP contribution in [0.4, 0.5) is 0 Å². The van der Waals surface area contributed by atoms with E-state index >= 15 is 0 Å². The third-order valence-corrected chi connectivity index (χ3v) is 5.53. The molecule has 2 aliphatic rings. The van der Waals surface area contributed by atoms with Crippen LogP contribution in [0.25, 0.3) is 0 Å². The zero-order valence-electron chi connectivity index (χ0n) is 13.4. The molecular formula is C17H21N3O3S. The van der Waals surface area contributed by atoms with Gasteiger partial charge in [-0.2, -0.15) is 0 Å². The monoisotopic (exact) mass is 347 g/mol.